The molecule has 0 fully saturated rings. The predicted octanol–water partition coefficient (Wildman–Crippen LogP) is 0.598. The van der Waals surface area contributed by atoms with Crippen LogP contribution in [0.25, 0.3) is 5.65 Å². The molecule has 0 aliphatic carbocycles. The van der Waals surface area contributed by atoms with E-state index in [1.807, 2.05) is 13.8 Å². The van der Waals surface area contributed by atoms with Gasteiger partial charge in [0.2, 0.25) is 15.9 Å². The number of primary sulfonamides is 1. The van der Waals surface area contributed by atoms with Gasteiger partial charge in [-0.05, 0) is 18.9 Å². The standard InChI is InChI=1S/C12H19N5O3S/c1-3-12(4-2,8-21(13,18)19)7-20-11-6-5-10-15-14-9-17(10)16-11/h5-6,9H,3-4,7-8H2,1-2H3,(H2,13,18,19). The zero-order chi connectivity index (χ0) is 15.5. The number of hydrogen-bond acceptors (Lipinski definition) is 6. The molecule has 21 heavy (non-hydrogen) atoms. The first-order chi connectivity index (χ1) is 9.87. The maximum Gasteiger partial charge on any atom is 0.231 e. The van der Waals surface area contributed by atoms with Gasteiger partial charge in [0.25, 0.3) is 0 Å². The zero-order valence-electron chi connectivity index (χ0n) is 12.1. The Morgan fingerprint density at radius 3 is 2.67 bits per heavy atom. The Balaban J connectivity index is 2.13. The van der Waals surface area contributed by atoms with Crippen LogP contribution in [0.1, 0.15) is 26.7 Å². The quantitative estimate of drug-likeness (QED) is 0.801. The van der Waals surface area contributed by atoms with Crippen molar-refractivity contribution in [2.75, 3.05) is 12.4 Å². The number of aromatic nitrogens is 4. The highest BCUT2D eigenvalue weighted by Crippen LogP contribution is 2.28. The van der Waals surface area contributed by atoms with Crippen LogP contribution in [0, 0.1) is 5.41 Å². The summed E-state index contributed by atoms with van der Waals surface area (Å²) < 4.78 is 30.0. The maximum atomic E-state index is 11.4. The first-order valence-electron chi connectivity index (χ1n) is 6.68. The van der Waals surface area contributed by atoms with Crippen molar-refractivity contribution in [3.63, 3.8) is 0 Å². The smallest absolute Gasteiger partial charge is 0.231 e. The Kier molecular flexibility index (Phi) is 4.43. The Bertz CT molecular complexity index is 709. The molecule has 0 saturated heterocycles. The number of fused-ring (bicyclic) bond motifs is 1. The summed E-state index contributed by atoms with van der Waals surface area (Å²) in [4.78, 5) is 0. The molecule has 0 saturated carbocycles. The van der Waals surface area contributed by atoms with Crippen molar-refractivity contribution < 1.29 is 13.2 Å². The summed E-state index contributed by atoms with van der Waals surface area (Å²) in [6, 6.07) is 3.41. The molecule has 9 heteroatoms. The first kappa shape index (κ1) is 15.6. The molecule has 116 valence electrons. The molecule has 0 unspecified atom stereocenters. The van der Waals surface area contributed by atoms with Gasteiger partial charge in [-0.2, -0.15) is 4.52 Å². The normalized spacial score (nSPS) is 12.7. The van der Waals surface area contributed by atoms with E-state index in [2.05, 4.69) is 15.3 Å². The van der Waals surface area contributed by atoms with E-state index in [1.165, 1.54) is 10.8 Å². The van der Waals surface area contributed by atoms with E-state index in [9.17, 15) is 8.42 Å². The molecule has 0 atom stereocenters. The Morgan fingerprint density at radius 2 is 2.05 bits per heavy atom. The molecule has 0 radical (unpaired) electrons. The molecule has 2 N–H and O–H groups in total. The highest BCUT2D eigenvalue weighted by molar-refractivity contribution is 7.89. The lowest BCUT2D eigenvalue weighted by Gasteiger charge is -2.30. The molecule has 0 spiro atoms. The second-order valence-corrected chi connectivity index (χ2v) is 6.72. The third-order valence-corrected chi connectivity index (χ3v) is 4.69. The highest BCUT2D eigenvalue weighted by Gasteiger charge is 2.32. The number of hydrogen-bond donors (Lipinski definition) is 1. The molecular formula is C12H19N5O3S. The van der Waals surface area contributed by atoms with Gasteiger partial charge in [-0.25, -0.2) is 13.6 Å². The van der Waals surface area contributed by atoms with Crippen molar-refractivity contribution in [2.45, 2.75) is 26.7 Å². The summed E-state index contributed by atoms with van der Waals surface area (Å²) in [6.07, 6.45) is 2.77. The number of ether oxygens (including phenoxy) is 1. The average molecular weight is 313 g/mol. The predicted molar refractivity (Wildman–Crippen MR) is 77.3 cm³/mol. The van der Waals surface area contributed by atoms with Gasteiger partial charge in [0.05, 0.1) is 12.4 Å². The summed E-state index contributed by atoms with van der Waals surface area (Å²) >= 11 is 0. The van der Waals surface area contributed by atoms with E-state index in [4.69, 9.17) is 9.88 Å². The van der Waals surface area contributed by atoms with Gasteiger partial charge in [0.15, 0.2) is 5.65 Å². The Labute approximate surface area is 123 Å². The molecule has 2 aromatic heterocycles. The zero-order valence-corrected chi connectivity index (χ0v) is 12.9. The fourth-order valence-corrected chi connectivity index (χ4v) is 3.49. The van der Waals surface area contributed by atoms with Gasteiger partial charge in [0.1, 0.15) is 6.33 Å². The lowest BCUT2D eigenvalue weighted by Crippen LogP contribution is -2.37. The van der Waals surface area contributed by atoms with Crippen molar-refractivity contribution in [3.8, 4) is 5.88 Å². The van der Waals surface area contributed by atoms with Crippen LogP contribution in [0.3, 0.4) is 0 Å². The average Bonchev–Trinajstić information content (AvgIpc) is 2.89. The maximum absolute atomic E-state index is 11.4. The SMILES string of the molecule is CCC(CC)(COc1ccc2nncn2n1)CS(N)(=O)=O. The van der Waals surface area contributed by atoms with Gasteiger partial charge in [-0.1, -0.05) is 13.8 Å². The minimum atomic E-state index is -3.56. The van der Waals surface area contributed by atoms with Gasteiger partial charge in [0, 0.05) is 11.5 Å². The van der Waals surface area contributed by atoms with E-state index in [1.54, 1.807) is 12.1 Å². The van der Waals surface area contributed by atoms with Crippen molar-refractivity contribution in [1.29, 1.82) is 0 Å². The summed E-state index contributed by atoms with van der Waals surface area (Å²) in [5, 5.41) is 17.0. The highest BCUT2D eigenvalue weighted by atomic mass is 32.2. The number of rotatable bonds is 7. The van der Waals surface area contributed by atoms with Gasteiger partial charge < -0.3 is 4.74 Å². The molecule has 2 aromatic rings. The second kappa shape index (κ2) is 5.94. The molecule has 0 aromatic carbocycles. The lowest BCUT2D eigenvalue weighted by atomic mass is 9.85. The Hall–Kier alpha value is -1.74. The van der Waals surface area contributed by atoms with Crippen LogP contribution in [0.5, 0.6) is 5.88 Å². The monoisotopic (exact) mass is 313 g/mol. The molecule has 0 aliphatic rings. The van der Waals surface area contributed by atoms with Crippen LogP contribution in [-0.4, -0.2) is 40.6 Å². The number of nitrogens with two attached hydrogens (primary N) is 1. The van der Waals surface area contributed by atoms with Crippen LogP contribution in [0.15, 0.2) is 18.5 Å². The first-order valence-corrected chi connectivity index (χ1v) is 8.39. The van der Waals surface area contributed by atoms with E-state index >= 15 is 0 Å². The molecule has 0 aliphatic heterocycles. The van der Waals surface area contributed by atoms with Crippen LogP contribution in [0.4, 0.5) is 0 Å². The molecule has 8 nitrogen and oxygen atoms in total. The minimum Gasteiger partial charge on any atom is -0.476 e. The van der Waals surface area contributed by atoms with E-state index < -0.39 is 15.4 Å². The summed E-state index contributed by atoms with van der Waals surface area (Å²) in [6.45, 7) is 4.08. The van der Waals surface area contributed by atoms with Crippen LogP contribution < -0.4 is 9.88 Å². The van der Waals surface area contributed by atoms with Gasteiger partial charge >= 0.3 is 0 Å². The van der Waals surface area contributed by atoms with Crippen molar-refractivity contribution in [1.82, 2.24) is 19.8 Å². The molecule has 0 amide bonds. The number of sulfonamides is 1. The van der Waals surface area contributed by atoms with Gasteiger partial charge in [-0.15, -0.1) is 15.3 Å². The third-order valence-electron chi connectivity index (χ3n) is 3.67. The molecule has 0 bridgehead atoms. The van der Waals surface area contributed by atoms with Gasteiger partial charge in [-0.3, -0.25) is 0 Å². The molecule has 2 heterocycles. The van der Waals surface area contributed by atoms with E-state index in [0.29, 0.717) is 24.4 Å². The third kappa shape index (κ3) is 3.88. The van der Waals surface area contributed by atoms with E-state index in [-0.39, 0.29) is 12.4 Å². The molecule has 2 rings (SSSR count). The topological polar surface area (TPSA) is 112 Å². The van der Waals surface area contributed by atoms with Crippen LogP contribution >= 0.6 is 0 Å². The fourth-order valence-electron chi connectivity index (χ4n) is 2.14. The van der Waals surface area contributed by atoms with Crippen molar-refractivity contribution in [3.05, 3.63) is 18.5 Å². The summed E-state index contributed by atoms with van der Waals surface area (Å²) in [5.74, 6) is 0.282. The number of nitrogens with zero attached hydrogens (tertiary/aromatic N) is 4. The fraction of sp³-hybridized carbons (Fsp3) is 0.583. The van der Waals surface area contributed by atoms with E-state index in [0.717, 1.165) is 0 Å². The molecular weight excluding hydrogens is 294 g/mol. The largest absolute Gasteiger partial charge is 0.476 e. The van der Waals surface area contributed by atoms with Crippen LogP contribution in [0.2, 0.25) is 0 Å². The van der Waals surface area contributed by atoms with Crippen molar-refractivity contribution >= 4 is 15.7 Å². The van der Waals surface area contributed by atoms with Crippen molar-refractivity contribution in [2.24, 2.45) is 10.6 Å². The minimum absolute atomic E-state index is 0.109. The lowest BCUT2D eigenvalue weighted by molar-refractivity contribution is 0.148. The Morgan fingerprint density at radius 1 is 1.33 bits per heavy atom. The second-order valence-electron chi connectivity index (χ2n) is 5.11. The van der Waals surface area contributed by atoms with Crippen LogP contribution in [-0.2, 0) is 10.0 Å². The summed E-state index contributed by atoms with van der Waals surface area (Å²) in [5.41, 5.74) is 0.0985. The summed E-state index contributed by atoms with van der Waals surface area (Å²) in [7, 11) is -3.56.